The summed E-state index contributed by atoms with van der Waals surface area (Å²) in [6, 6.07) is 0. The van der Waals surface area contributed by atoms with E-state index in [0.717, 1.165) is 6.42 Å². The second-order valence-corrected chi connectivity index (χ2v) is 3.70. The average Bonchev–Trinajstić information content (AvgIpc) is 2.14. The van der Waals surface area contributed by atoms with Crippen molar-refractivity contribution in [2.45, 2.75) is 51.0 Å². The molecular formula is C10H19NO2. The van der Waals surface area contributed by atoms with E-state index in [1.165, 1.54) is 32.1 Å². The van der Waals surface area contributed by atoms with Crippen LogP contribution in [-0.2, 0) is 9.53 Å². The van der Waals surface area contributed by atoms with Crippen LogP contribution in [0.25, 0.3) is 0 Å². The Hall–Kier alpha value is -0.570. The Balaban J connectivity index is 1.95. The summed E-state index contributed by atoms with van der Waals surface area (Å²) in [5, 5.41) is 0. The highest BCUT2D eigenvalue weighted by Gasteiger charge is 2.12. The number of nitrogens with two attached hydrogens (primary N) is 1. The molecule has 0 aromatic heterocycles. The van der Waals surface area contributed by atoms with Gasteiger partial charge >= 0.3 is 0 Å². The highest BCUT2D eigenvalue weighted by atomic mass is 16.5. The smallest absolute Gasteiger partial charge is 0.217 e. The van der Waals surface area contributed by atoms with Crippen molar-refractivity contribution in [3.8, 4) is 0 Å². The van der Waals surface area contributed by atoms with E-state index >= 15 is 0 Å². The Morgan fingerprint density at radius 2 is 2.00 bits per heavy atom. The summed E-state index contributed by atoms with van der Waals surface area (Å²) in [5.74, 6) is -0.229. The molecule has 0 aromatic carbocycles. The maximum Gasteiger partial charge on any atom is 0.217 e. The lowest BCUT2D eigenvalue weighted by molar-refractivity contribution is -0.118. The maximum atomic E-state index is 10.4. The average molecular weight is 185 g/mol. The molecular weight excluding hydrogens is 166 g/mol. The van der Waals surface area contributed by atoms with Crippen LogP contribution < -0.4 is 5.73 Å². The van der Waals surface area contributed by atoms with Crippen molar-refractivity contribution in [1.82, 2.24) is 0 Å². The molecule has 0 radical (unpaired) electrons. The number of amides is 1. The van der Waals surface area contributed by atoms with Crippen molar-refractivity contribution in [1.29, 1.82) is 0 Å². The van der Waals surface area contributed by atoms with Crippen LogP contribution in [0.4, 0.5) is 0 Å². The molecule has 1 aliphatic rings. The van der Waals surface area contributed by atoms with Crippen molar-refractivity contribution in [3.63, 3.8) is 0 Å². The van der Waals surface area contributed by atoms with Gasteiger partial charge in [0.05, 0.1) is 6.10 Å². The normalized spacial score (nSPS) is 18.8. The third-order valence-electron chi connectivity index (χ3n) is 2.47. The fourth-order valence-corrected chi connectivity index (χ4v) is 1.73. The fourth-order valence-electron chi connectivity index (χ4n) is 1.73. The molecule has 0 unspecified atom stereocenters. The van der Waals surface area contributed by atoms with Crippen LogP contribution in [-0.4, -0.2) is 18.6 Å². The zero-order chi connectivity index (χ0) is 9.52. The second-order valence-electron chi connectivity index (χ2n) is 3.70. The Morgan fingerprint density at radius 1 is 1.31 bits per heavy atom. The first-order valence-corrected chi connectivity index (χ1v) is 5.19. The third kappa shape index (κ3) is 4.88. The Bertz CT molecular complexity index is 153. The van der Waals surface area contributed by atoms with Crippen molar-refractivity contribution in [2.75, 3.05) is 6.61 Å². The molecule has 3 nitrogen and oxygen atoms in total. The molecule has 1 aliphatic carbocycles. The Labute approximate surface area is 79.6 Å². The molecule has 0 atom stereocenters. The molecule has 0 aromatic rings. The third-order valence-corrected chi connectivity index (χ3v) is 2.47. The summed E-state index contributed by atoms with van der Waals surface area (Å²) >= 11 is 0. The monoisotopic (exact) mass is 185 g/mol. The molecule has 2 N–H and O–H groups in total. The lowest BCUT2D eigenvalue weighted by Gasteiger charge is -2.21. The molecule has 1 saturated carbocycles. The number of rotatable bonds is 5. The summed E-state index contributed by atoms with van der Waals surface area (Å²) in [4.78, 5) is 10.4. The van der Waals surface area contributed by atoms with E-state index in [9.17, 15) is 4.79 Å². The van der Waals surface area contributed by atoms with Crippen LogP contribution in [0, 0.1) is 0 Å². The van der Waals surface area contributed by atoms with Crippen molar-refractivity contribution >= 4 is 5.91 Å². The van der Waals surface area contributed by atoms with Gasteiger partial charge in [-0.1, -0.05) is 19.3 Å². The van der Waals surface area contributed by atoms with Crippen molar-refractivity contribution in [2.24, 2.45) is 5.73 Å². The zero-order valence-corrected chi connectivity index (χ0v) is 8.13. The molecule has 13 heavy (non-hydrogen) atoms. The summed E-state index contributed by atoms with van der Waals surface area (Å²) in [6.07, 6.45) is 7.98. The predicted octanol–water partition coefficient (Wildman–Crippen LogP) is 1.60. The Morgan fingerprint density at radius 3 is 2.62 bits per heavy atom. The van der Waals surface area contributed by atoms with Gasteiger partial charge in [-0.15, -0.1) is 0 Å². The maximum absolute atomic E-state index is 10.4. The van der Waals surface area contributed by atoms with E-state index in [2.05, 4.69) is 0 Å². The molecule has 0 bridgehead atoms. The quantitative estimate of drug-likeness (QED) is 0.661. The van der Waals surface area contributed by atoms with Gasteiger partial charge in [0.2, 0.25) is 5.91 Å². The van der Waals surface area contributed by atoms with Gasteiger partial charge in [0.15, 0.2) is 0 Å². The molecule has 0 spiro atoms. The van der Waals surface area contributed by atoms with Gasteiger partial charge in [-0.3, -0.25) is 4.79 Å². The molecule has 1 fully saturated rings. The van der Waals surface area contributed by atoms with Crippen LogP contribution in [0.5, 0.6) is 0 Å². The molecule has 0 saturated heterocycles. The number of hydrogen-bond donors (Lipinski definition) is 1. The van der Waals surface area contributed by atoms with Crippen LogP contribution in [0.3, 0.4) is 0 Å². The molecule has 1 rings (SSSR count). The summed E-state index contributed by atoms with van der Waals surface area (Å²) < 4.78 is 5.63. The van der Waals surface area contributed by atoms with Crippen molar-refractivity contribution < 1.29 is 9.53 Å². The standard InChI is InChI=1S/C10H19NO2/c11-10(12)7-4-8-13-9-5-2-1-3-6-9/h9H,1-8H2,(H2,11,12). The van der Waals surface area contributed by atoms with Crippen LogP contribution >= 0.6 is 0 Å². The lowest BCUT2D eigenvalue weighted by atomic mass is 9.98. The highest BCUT2D eigenvalue weighted by Crippen LogP contribution is 2.20. The fraction of sp³-hybridized carbons (Fsp3) is 0.900. The summed E-state index contributed by atoms with van der Waals surface area (Å²) in [5.41, 5.74) is 5.02. The minimum atomic E-state index is -0.229. The van der Waals surface area contributed by atoms with E-state index < -0.39 is 0 Å². The van der Waals surface area contributed by atoms with Gasteiger partial charge in [-0.25, -0.2) is 0 Å². The van der Waals surface area contributed by atoms with Gasteiger partial charge in [-0.2, -0.15) is 0 Å². The highest BCUT2D eigenvalue weighted by molar-refractivity contribution is 5.73. The Kier molecular flexibility index (Phi) is 4.83. The van der Waals surface area contributed by atoms with Crippen LogP contribution in [0.1, 0.15) is 44.9 Å². The van der Waals surface area contributed by atoms with Gasteiger partial charge in [-0.05, 0) is 19.3 Å². The zero-order valence-electron chi connectivity index (χ0n) is 8.13. The van der Waals surface area contributed by atoms with Gasteiger partial charge in [0.1, 0.15) is 0 Å². The van der Waals surface area contributed by atoms with Gasteiger partial charge in [0, 0.05) is 13.0 Å². The van der Waals surface area contributed by atoms with E-state index in [4.69, 9.17) is 10.5 Å². The van der Waals surface area contributed by atoms with E-state index in [-0.39, 0.29) is 5.91 Å². The lowest BCUT2D eigenvalue weighted by Crippen LogP contribution is -2.18. The van der Waals surface area contributed by atoms with Crippen LogP contribution in [0.15, 0.2) is 0 Å². The molecule has 0 heterocycles. The minimum absolute atomic E-state index is 0.229. The first-order chi connectivity index (χ1) is 6.29. The summed E-state index contributed by atoms with van der Waals surface area (Å²) in [6.45, 7) is 0.688. The minimum Gasteiger partial charge on any atom is -0.378 e. The van der Waals surface area contributed by atoms with E-state index in [0.29, 0.717) is 19.1 Å². The van der Waals surface area contributed by atoms with E-state index in [1.54, 1.807) is 0 Å². The first-order valence-electron chi connectivity index (χ1n) is 5.19. The van der Waals surface area contributed by atoms with Gasteiger partial charge in [0.25, 0.3) is 0 Å². The molecule has 3 heteroatoms. The summed E-state index contributed by atoms with van der Waals surface area (Å²) in [7, 11) is 0. The van der Waals surface area contributed by atoms with Crippen LogP contribution in [0.2, 0.25) is 0 Å². The first kappa shape index (κ1) is 10.5. The number of primary amides is 1. The molecule has 76 valence electrons. The number of carbonyl (C=O) groups is 1. The number of ether oxygens (including phenoxy) is 1. The largest absolute Gasteiger partial charge is 0.378 e. The van der Waals surface area contributed by atoms with Gasteiger partial charge < -0.3 is 10.5 Å². The SMILES string of the molecule is NC(=O)CCCOC1CCCCC1. The topological polar surface area (TPSA) is 52.3 Å². The second kappa shape index (κ2) is 5.97. The molecule has 1 amide bonds. The number of hydrogen-bond acceptors (Lipinski definition) is 2. The number of carbonyl (C=O) groups excluding carboxylic acids is 1. The van der Waals surface area contributed by atoms with Crippen molar-refractivity contribution in [3.05, 3.63) is 0 Å². The molecule has 0 aliphatic heterocycles. The predicted molar refractivity (Wildman–Crippen MR) is 51.3 cm³/mol. The van der Waals surface area contributed by atoms with E-state index in [1.807, 2.05) is 0 Å².